The van der Waals surface area contributed by atoms with Gasteiger partial charge in [-0.25, -0.2) is 0 Å². The Bertz CT molecular complexity index is 659. The van der Waals surface area contributed by atoms with Gasteiger partial charge in [0.05, 0.1) is 7.11 Å². The maximum absolute atomic E-state index is 6.14. The third-order valence-corrected chi connectivity index (χ3v) is 4.72. The quantitative estimate of drug-likeness (QED) is 0.584. The fourth-order valence-electron chi connectivity index (χ4n) is 2.51. The average Bonchev–Trinajstić information content (AvgIpc) is 2.62. The van der Waals surface area contributed by atoms with Gasteiger partial charge in [0.2, 0.25) is 0 Å². The summed E-state index contributed by atoms with van der Waals surface area (Å²) in [6.45, 7) is 5.27. The third kappa shape index (κ3) is 6.03. The fraction of sp³-hybridized carbons (Fsp3) is 0.400. The van der Waals surface area contributed by atoms with Crippen LogP contribution in [0.3, 0.4) is 0 Å². The summed E-state index contributed by atoms with van der Waals surface area (Å²) >= 11 is 3.64. The molecule has 2 aromatic carbocycles. The Morgan fingerprint density at radius 3 is 2.48 bits per heavy atom. The molecular formula is C20H27BrN2O2. The molecule has 0 bridgehead atoms. The van der Waals surface area contributed by atoms with Crippen LogP contribution in [0.15, 0.2) is 40.9 Å². The van der Waals surface area contributed by atoms with Crippen LogP contribution < -0.4 is 20.1 Å². The molecule has 5 heteroatoms. The Morgan fingerprint density at radius 2 is 1.80 bits per heavy atom. The van der Waals surface area contributed by atoms with Gasteiger partial charge in [-0.1, -0.05) is 45.8 Å². The largest absolute Gasteiger partial charge is 0.493 e. The van der Waals surface area contributed by atoms with Crippen LogP contribution in [0.1, 0.15) is 23.1 Å². The highest BCUT2D eigenvalue weighted by Gasteiger charge is 2.14. The molecule has 25 heavy (non-hydrogen) atoms. The van der Waals surface area contributed by atoms with Crippen LogP contribution in [0.25, 0.3) is 0 Å². The van der Waals surface area contributed by atoms with Crippen molar-refractivity contribution in [3.8, 4) is 11.5 Å². The first-order valence-corrected chi connectivity index (χ1v) is 9.34. The summed E-state index contributed by atoms with van der Waals surface area (Å²) in [4.78, 5) is 0. The summed E-state index contributed by atoms with van der Waals surface area (Å²) < 4.78 is 12.7. The minimum atomic E-state index is 0.514. The van der Waals surface area contributed by atoms with Crippen LogP contribution in [-0.2, 0) is 13.2 Å². The summed E-state index contributed by atoms with van der Waals surface area (Å²) in [5.74, 6) is 1.54. The lowest BCUT2D eigenvalue weighted by Crippen LogP contribution is -2.20. The molecule has 0 saturated carbocycles. The monoisotopic (exact) mass is 406 g/mol. The van der Waals surface area contributed by atoms with Gasteiger partial charge >= 0.3 is 0 Å². The molecule has 0 radical (unpaired) electrons. The molecule has 2 N–H and O–H groups in total. The fourth-order valence-corrected chi connectivity index (χ4v) is 2.96. The summed E-state index contributed by atoms with van der Waals surface area (Å²) in [6.07, 6.45) is 1.08. The Morgan fingerprint density at radius 1 is 1.04 bits per heavy atom. The van der Waals surface area contributed by atoms with Gasteiger partial charge in [0, 0.05) is 16.6 Å². The summed E-state index contributed by atoms with van der Waals surface area (Å²) in [6, 6.07) is 12.3. The highest BCUT2D eigenvalue weighted by molar-refractivity contribution is 9.10. The number of nitrogens with one attached hydrogen (secondary N) is 2. The molecule has 136 valence electrons. The Hall–Kier alpha value is -1.56. The molecular weight excluding hydrogens is 380 g/mol. The minimum absolute atomic E-state index is 0.514. The zero-order chi connectivity index (χ0) is 18.1. The first kappa shape index (κ1) is 19.8. The molecule has 0 aliphatic carbocycles. The zero-order valence-electron chi connectivity index (χ0n) is 15.2. The van der Waals surface area contributed by atoms with E-state index in [9.17, 15) is 0 Å². The highest BCUT2D eigenvalue weighted by Crippen LogP contribution is 2.36. The molecule has 2 rings (SSSR count). The van der Waals surface area contributed by atoms with Crippen molar-refractivity contribution in [3.63, 3.8) is 0 Å². The molecule has 0 heterocycles. The number of hydrogen-bond donors (Lipinski definition) is 2. The molecule has 0 atom stereocenters. The second-order valence-electron chi connectivity index (χ2n) is 5.97. The topological polar surface area (TPSA) is 42.5 Å². The molecule has 0 fully saturated rings. The van der Waals surface area contributed by atoms with Crippen molar-refractivity contribution < 1.29 is 9.47 Å². The van der Waals surface area contributed by atoms with E-state index in [-0.39, 0.29) is 0 Å². The number of aryl methyl sites for hydroxylation is 1. The van der Waals surface area contributed by atoms with E-state index in [0.717, 1.165) is 53.2 Å². The van der Waals surface area contributed by atoms with Crippen molar-refractivity contribution in [2.45, 2.75) is 26.5 Å². The smallest absolute Gasteiger partial charge is 0.167 e. The summed E-state index contributed by atoms with van der Waals surface area (Å²) in [5, 5.41) is 6.62. The Balaban J connectivity index is 2.10. The van der Waals surface area contributed by atoms with Gasteiger partial charge in [-0.3, -0.25) is 0 Å². The number of rotatable bonds is 10. The Kier molecular flexibility index (Phi) is 8.25. The number of halogens is 1. The Labute approximate surface area is 159 Å². The van der Waals surface area contributed by atoms with Gasteiger partial charge in [-0.05, 0) is 51.2 Å². The second kappa shape index (κ2) is 10.4. The van der Waals surface area contributed by atoms with E-state index in [0.29, 0.717) is 6.61 Å². The maximum Gasteiger partial charge on any atom is 0.167 e. The lowest BCUT2D eigenvalue weighted by atomic mass is 10.1. The molecule has 0 unspecified atom stereocenters. The number of benzene rings is 2. The number of hydrogen-bond acceptors (Lipinski definition) is 4. The molecule has 0 aliphatic rings. The number of methoxy groups -OCH3 is 1. The summed E-state index contributed by atoms with van der Waals surface area (Å²) in [5.41, 5.74) is 3.46. The van der Waals surface area contributed by atoms with Gasteiger partial charge in [-0.2, -0.15) is 0 Å². The van der Waals surface area contributed by atoms with Gasteiger partial charge < -0.3 is 20.1 Å². The van der Waals surface area contributed by atoms with E-state index in [2.05, 4.69) is 57.8 Å². The zero-order valence-corrected chi connectivity index (χ0v) is 16.8. The molecule has 0 aliphatic heterocycles. The van der Waals surface area contributed by atoms with Crippen LogP contribution in [0.2, 0.25) is 0 Å². The first-order chi connectivity index (χ1) is 12.2. The van der Waals surface area contributed by atoms with Crippen molar-refractivity contribution in [2.75, 3.05) is 27.2 Å². The van der Waals surface area contributed by atoms with Gasteiger partial charge in [0.25, 0.3) is 0 Å². The maximum atomic E-state index is 6.14. The second-order valence-corrected chi connectivity index (χ2v) is 6.82. The molecule has 0 saturated heterocycles. The van der Waals surface area contributed by atoms with Crippen LogP contribution in [0, 0.1) is 6.92 Å². The van der Waals surface area contributed by atoms with Gasteiger partial charge in [0.1, 0.15) is 6.61 Å². The third-order valence-electron chi connectivity index (χ3n) is 3.97. The van der Waals surface area contributed by atoms with Crippen molar-refractivity contribution in [1.82, 2.24) is 10.6 Å². The van der Waals surface area contributed by atoms with Crippen molar-refractivity contribution in [2.24, 2.45) is 0 Å². The number of ether oxygens (including phenoxy) is 2. The minimum Gasteiger partial charge on any atom is -0.493 e. The SMILES string of the molecule is CNCCCNCc1c(Br)ccc(OC)c1OCc1ccc(C)cc1. The van der Waals surface area contributed by atoms with E-state index in [1.54, 1.807) is 7.11 Å². The van der Waals surface area contributed by atoms with Crippen molar-refractivity contribution >= 4 is 15.9 Å². The molecule has 0 aromatic heterocycles. The molecule has 4 nitrogen and oxygen atoms in total. The molecule has 2 aromatic rings. The first-order valence-electron chi connectivity index (χ1n) is 8.54. The van der Waals surface area contributed by atoms with Crippen molar-refractivity contribution in [1.29, 1.82) is 0 Å². The van der Waals surface area contributed by atoms with Crippen LogP contribution in [0.5, 0.6) is 11.5 Å². The molecule has 0 spiro atoms. The van der Waals surface area contributed by atoms with Crippen LogP contribution in [-0.4, -0.2) is 27.2 Å². The van der Waals surface area contributed by atoms with E-state index < -0.39 is 0 Å². The van der Waals surface area contributed by atoms with E-state index >= 15 is 0 Å². The van der Waals surface area contributed by atoms with E-state index in [1.807, 2.05) is 19.2 Å². The normalized spacial score (nSPS) is 10.7. The van der Waals surface area contributed by atoms with E-state index in [1.165, 1.54) is 5.56 Å². The van der Waals surface area contributed by atoms with Crippen LogP contribution in [0.4, 0.5) is 0 Å². The standard InChI is InChI=1S/C20H27BrN2O2/c1-15-5-7-16(8-6-15)14-25-20-17(13-23-12-4-11-22-2)18(21)9-10-19(20)24-3/h5-10,22-23H,4,11-14H2,1-3H3. The molecule has 0 amide bonds. The van der Waals surface area contributed by atoms with Crippen molar-refractivity contribution in [3.05, 3.63) is 57.6 Å². The lowest BCUT2D eigenvalue weighted by Gasteiger charge is -2.17. The highest BCUT2D eigenvalue weighted by atomic mass is 79.9. The lowest BCUT2D eigenvalue weighted by molar-refractivity contribution is 0.280. The summed E-state index contributed by atoms with van der Waals surface area (Å²) in [7, 11) is 3.64. The average molecular weight is 407 g/mol. The predicted octanol–water partition coefficient (Wildman–Crippen LogP) is 4.04. The van der Waals surface area contributed by atoms with E-state index in [4.69, 9.17) is 9.47 Å². The predicted molar refractivity (Wildman–Crippen MR) is 106 cm³/mol. The van der Waals surface area contributed by atoms with Crippen LogP contribution >= 0.6 is 15.9 Å². The van der Waals surface area contributed by atoms with Gasteiger partial charge in [-0.15, -0.1) is 0 Å². The van der Waals surface area contributed by atoms with Gasteiger partial charge in [0.15, 0.2) is 11.5 Å².